The molecule has 3 aromatic rings. The first-order chi connectivity index (χ1) is 13.7. The number of ether oxygens (including phenoxy) is 1. The number of hydrogen-bond donors (Lipinski definition) is 0. The molecule has 1 aliphatic heterocycles. The van der Waals surface area contributed by atoms with Gasteiger partial charge in [-0.1, -0.05) is 51.3 Å². The molecule has 29 heavy (non-hydrogen) atoms. The van der Waals surface area contributed by atoms with Gasteiger partial charge in [0.25, 0.3) is 0 Å². The zero-order valence-electron chi connectivity index (χ0n) is 15.7. The summed E-state index contributed by atoms with van der Waals surface area (Å²) in [5.74, 6) is 1.05. The first kappa shape index (κ1) is 20.2. The van der Waals surface area contributed by atoms with Gasteiger partial charge in [-0.15, -0.1) is 0 Å². The van der Waals surface area contributed by atoms with E-state index in [1.807, 2.05) is 67.1 Å². The Morgan fingerprint density at radius 3 is 2.59 bits per heavy atom. The van der Waals surface area contributed by atoms with Gasteiger partial charge in [-0.05, 0) is 44.2 Å². The lowest BCUT2D eigenvalue weighted by Crippen LogP contribution is -2.30. The minimum atomic E-state index is -0.593. The fourth-order valence-corrected chi connectivity index (χ4v) is 4.28. The van der Waals surface area contributed by atoms with E-state index in [-0.39, 0.29) is 5.78 Å². The Kier molecular flexibility index (Phi) is 5.32. The number of benzene rings is 2. The van der Waals surface area contributed by atoms with E-state index in [9.17, 15) is 4.79 Å². The molecule has 0 aliphatic carbocycles. The molecule has 4 rings (SSSR count). The minimum Gasteiger partial charge on any atom is -0.485 e. The van der Waals surface area contributed by atoms with Gasteiger partial charge in [0.1, 0.15) is 17.1 Å². The molecule has 0 spiro atoms. The Morgan fingerprint density at radius 1 is 1.14 bits per heavy atom. The number of halogens is 3. The lowest BCUT2D eigenvalue weighted by Gasteiger charge is -2.29. The monoisotopic (exact) mass is 490 g/mol. The van der Waals surface area contributed by atoms with Crippen molar-refractivity contribution in [3.05, 3.63) is 74.9 Å². The summed E-state index contributed by atoms with van der Waals surface area (Å²) >= 11 is 16.4. The molecule has 148 valence electrons. The highest BCUT2D eigenvalue weighted by atomic mass is 79.9. The lowest BCUT2D eigenvalue weighted by atomic mass is 9.98. The quantitative estimate of drug-likeness (QED) is 0.408. The number of nitrogens with zero attached hydrogens (tertiary/aromatic N) is 2. The smallest absolute Gasteiger partial charge is 0.163 e. The second-order valence-corrected chi connectivity index (χ2v) is 9.14. The number of aromatic nitrogens is 2. The first-order valence-corrected chi connectivity index (χ1v) is 10.5. The highest BCUT2D eigenvalue weighted by Gasteiger charge is 2.31. The van der Waals surface area contributed by atoms with Gasteiger partial charge < -0.3 is 4.74 Å². The van der Waals surface area contributed by atoms with Gasteiger partial charge >= 0.3 is 0 Å². The summed E-state index contributed by atoms with van der Waals surface area (Å²) in [6, 6.07) is 13.1. The third-order valence-electron chi connectivity index (χ3n) is 4.52. The van der Waals surface area contributed by atoms with E-state index in [0.29, 0.717) is 33.7 Å². The molecule has 2 aromatic carbocycles. The minimum absolute atomic E-state index is 0.00627. The van der Waals surface area contributed by atoms with Gasteiger partial charge in [0, 0.05) is 28.7 Å². The molecule has 1 aliphatic rings. The molecule has 1 aromatic heterocycles. The standard InChI is InChI=1S/C22H17BrCl2N2O2/c1-22(2)11-14(28)10-20(29-22)18-12-27(19-8-7-13(23)9-17(19)25)21(26-18)15-5-3-4-6-16(15)24/h3-10,12H,11H2,1-2H3. The predicted octanol–water partition coefficient (Wildman–Crippen LogP) is 6.72. The zero-order valence-corrected chi connectivity index (χ0v) is 18.8. The molecule has 0 unspecified atom stereocenters. The van der Waals surface area contributed by atoms with Crippen LogP contribution in [0.3, 0.4) is 0 Å². The number of carbonyl (C=O) groups is 1. The van der Waals surface area contributed by atoms with Crippen molar-refractivity contribution in [3.63, 3.8) is 0 Å². The SMILES string of the molecule is CC1(C)CC(=O)C=C(c2cn(-c3ccc(Br)cc3Cl)c(-c3ccccc3Cl)n2)O1. The molecule has 7 heteroatoms. The van der Waals surface area contributed by atoms with Gasteiger partial charge in [0.05, 0.1) is 15.7 Å². The third-order valence-corrected chi connectivity index (χ3v) is 5.65. The Labute approximate surface area is 187 Å². The molecule has 0 N–H and O–H groups in total. The van der Waals surface area contributed by atoms with E-state index in [1.165, 1.54) is 6.08 Å². The molecule has 0 bridgehead atoms. The van der Waals surface area contributed by atoms with Crippen LogP contribution in [-0.4, -0.2) is 20.9 Å². The number of allylic oxidation sites excluding steroid dienone is 1. The maximum atomic E-state index is 12.2. The van der Waals surface area contributed by atoms with Gasteiger partial charge in [-0.2, -0.15) is 0 Å². The highest BCUT2D eigenvalue weighted by molar-refractivity contribution is 9.10. The van der Waals surface area contributed by atoms with Crippen LogP contribution in [0.25, 0.3) is 22.8 Å². The average molecular weight is 492 g/mol. The summed E-state index contributed by atoms with van der Waals surface area (Å²) in [5, 5.41) is 1.11. The van der Waals surface area contributed by atoms with Gasteiger partial charge in [0.15, 0.2) is 11.5 Å². The topological polar surface area (TPSA) is 44.1 Å². The fraction of sp³-hybridized carbons (Fsp3) is 0.182. The van der Waals surface area contributed by atoms with E-state index in [4.69, 9.17) is 32.9 Å². The van der Waals surface area contributed by atoms with Crippen molar-refractivity contribution in [2.24, 2.45) is 0 Å². The van der Waals surface area contributed by atoms with Crippen molar-refractivity contribution in [2.75, 3.05) is 0 Å². The predicted molar refractivity (Wildman–Crippen MR) is 119 cm³/mol. The maximum Gasteiger partial charge on any atom is 0.163 e. The number of imidazole rings is 1. The van der Waals surface area contributed by atoms with Crippen molar-refractivity contribution >= 4 is 50.7 Å². The molecule has 0 atom stereocenters. The molecule has 0 fully saturated rings. The molecule has 0 saturated carbocycles. The molecule has 2 heterocycles. The molecule has 0 amide bonds. The maximum absolute atomic E-state index is 12.2. The average Bonchev–Trinajstić information content (AvgIpc) is 3.05. The Bertz CT molecular complexity index is 1150. The summed E-state index contributed by atoms with van der Waals surface area (Å²) in [6.45, 7) is 3.77. The summed E-state index contributed by atoms with van der Waals surface area (Å²) in [5.41, 5.74) is 1.44. The highest BCUT2D eigenvalue weighted by Crippen LogP contribution is 2.36. The van der Waals surface area contributed by atoms with E-state index >= 15 is 0 Å². The van der Waals surface area contributed by atoms with Gasteiger partial charge in [-0.3, -0.25) is 9.36 Å². The van der Waals surface area contributed by atoms with E-state index in [0.717, 1.165) is 15.7 Å². The number of rotatable bonds is 3. The normalized spacial score (nSPS) is 15.8. The molecule has 0 radical (unpaired) electrons. The number of hydrogen-bond acceptors (Lipinski definition) is 3. The van der Waals surface area contributed by atoms with Crippen LogP contribution < -0.4 is 0 Å². The van der Waals surface area contributed by atoms with E-state index in [1.54, 1.807) is 0 Å². The summed E-state index contributed by atoms with van der Waals surface area (Å²) in [6.07, 6.45) is 3.64. The van der Waals surface area contributed by atoms with Crippen LogP contribution in [0.4, 0.5) is 0 Å². The van der Waals surface area contributed by atoms with Crippen molar-refractivity contribution in [2.45, 2.75) is 25.9 Å². The molecular formula is C22H17BrCl2N2O2. The first-order valence-electron chi connectivity index (χ1n) is 8.97. The van der Waals surface area contributed by atoms with Crippen LogP contribution in [-0.2, 0) is 9.53 Å². The van der Waals surface area contributed by atoms with Crippen molar-refractivity contribution in [1.82, 2.24) is 9.55 Å². The Balaban J connectivity index is 1.92. The van der Waals surface area contributed by atoms with Crippen LogP contribution in [0.2, 0.25) is 10.0 Å². The summed E-state index contributed by atoms with van der Waals surface area (Å²) < 4.78 is 8.78. The summed E-state index contributed by atoms with van der Waals surface area (Å²) in [7, 11) is 0. The number of carbonyl (C=O) groups excluding carboxylic acids is 1. The zero-order chi connectivity index (χ0) is 20.8. The summed E-state index contributed by atoms with van der Waals surface area (Å²) in [4.78, 5) is 17.0. The largest absolute Gasteiger partial charge is 0.485 e. The second-order valence-electron chi connectivity index (χ2n) is 7.41. The second kappa shape index (κ2) is 7.63. The van der Waals surface area contributed by atoms with Crippen LogP contribution in [0.5, 0.6) is 0 Å². The van der Waals surface area contributed by atoms with Crippen molar-refractivity contribution in [3.8, 4) is 17.1 Å². The Morgan fingerprint density at radius 2 is 1.90 bits per heavy atom. The van der Waals surface area contributed by atoms with Crippen LogP contribution in [0.1, 0.15) is 26.0 Å². The van der Waals surface area contributed by atoms with E-state index in [2.05, 4.69) is 15.9 Å². The van der Waals surface area contributed by atoms with Crippen LogP contribution in [0, 0.1) is 0 Å². The lowest BCUT2D eigenvalue weighted by molar-refractivity contribution is -0.119. The van der Waals surface area contributed by atoms with E-state index < -0.39 is 5.60 Å². The molecule has 0 saturated heterocycles. The molecular weight excluding hydrogens is 475 g/mol. The van der Waals surface area contributed by atoms with Gasteiger partial charge in [0.2, 0.25) is 0 Å². The fourth-order valence-electron chi connectivity index (χ4n) is 3.30. The molecule has 4 nitrogen and oxygen atoms in total. The number of ketones is 1. The van der Waals surface area contributed by atoms with Crippen LogP contribution in [0.15, 0.2) is 59.2 Å². The van der Waals surface area contributed by atoms with Crippen molar-refractivity contribution < 1.29 is 9.53 Å². The van der Waals surface area contributed by atoms with Crippen molar-refractivity contribution in [1.29, 1.82) is 0 Å². The third kappa shape index (κ3) is 4.13. The van der Waals surface area contributed by atoms with Crippen LogP contribution >= 0.6 is 39.1 Å². The Hall–Kier alpha value is -2.08. The van der Waals surface area contributed by atoms with Gasteiger partial charge in [-0.25, -0.2) is 4.98 Å².